The van der Waals surface area contributed by atoms with Gasteiger partial charge in [-0.1, -0.05) is 165 Å². The second kappa shape index (κ2) is 39.3. The molecule has 0 bridgehead atoms. The number of hydrogen-bond acceptors (Lipinski definition) is 15. The van der Waals surface area contributed by atoms with Crippen molar-refractivity contribution in [3.63, 3.8) is 0 Å². The molecule has 14 atom stereocenters. The Morgan fingerprint density at radius 3 is 1.56 bits per heavy atom. The van der Waals surface area contributed by atoms with Gasteiger partial charge in [-0.2, -0.15) is 0 Å². The molecule has 0 unspecified atom stereocenters. The van der Waals surface area contributed by atoms with E-state index < -0.39 is 185 Å². The molecule has 1 aliphatic rings. The summed E-state index contributed by atoms with van der Waals surface area (Å²) in [5.74, 6) is -13.5. The van der Waals surface area contributed by atoms with E-state index in [4.69, 9.17) is 4.74 Å². The maximum atomic E-state index is 15.5. The van der Waals surface area contributed by atoms with E-state index in [9.17, 15) is 24.3 Å². The molecule has 0 saturated carbocycles. The van der Waals surface area contributed by atoms with Gasteiger partial charge in [0.05, 0.1) is 12.1 Å². The smallest absolute Gasteiger partial charge is 0.329 e. The number of likely N-dealkylation sites (N-methyl/N-ethyl adjacent to an activating group) is 5. The van der Waals surface area contributed by atoms with E-state index in [0.29, 0.717) is 24.0 Å². The van der Waals surface area contributed by atoms with Crippen molar-refractivity contribution in [1.82, 2.24) is 67.1 Å². The number of ether oxygens (including phenoxy) is 1. The van der Waals surface area contributed by atoms with E-state index in [1.54, 1.807) is 113 Å². The molecule has 10 N–H and O–H groups in total. The maximum absolute atomic E-state index is 15.5. The number of H-pyrrole nitrogens is 1. The number of aliphatic hydroxyl groups is 1. The van der Waals surface area contributed by atoms with E-state index in [-0.39, 0.29) is 37.5 Å². The lowest BCUT2D eigenvalue weighted by molar-refractivity contribution is -0.160. The molecule has 2 aromatic carbocycles. The third-order valence-electron chi connectivity index (χ3n) is 19.1. The van der Waals surface area contributed by atoms with Crippen LogP contribution < -0.4 is 42.5 Å². The fourth-order valence-corrected chi connectivity index (χ4v) is 12.8. The molecule has 27 nitrogen and oxygen atoms in total. The summed E-state index contributed by atoms with van der Waals surface area (Å²) in [6.07, 6.45) is -0.530. The lowest BCUT2D eigenvalue weighted by Gasteiger charge is -2.38. The van der Waals surface area contributed by atoms with Crippen molar-refractivity contribution in [2.75, 3.05) is 35.2 Å². The number of carbonyl (C=O) groups excluding carboxylic acids is 12. The Balaban J connectivity index is 2.03. The van der Waals surface area contributed by atoms with Gasteiger partial charge in [-0.25, -0.2) is 4.79 Å². The third kappa shape index (κ3) is 22.8. The van der Waals surface area contributed by atoms with Crippen LogP contribution in [0.5, 0.6) is 0 Å². The monoisotopic (exact) mass is 1430 g/mol. The van der Waals surface area contributed by atoms with Crippen molar-refractivity contribution in [3.05, 3.63) is 71.9 Å². The molecule has 2 heterocycles. The van der Waals surface area contributed by atoms with E-state index in [1.165, 1.54) is 56.7 Å². The molecule has 0 radical (unpaired) electrons. The molecule has 0 spiro atoms. The van der Waals surface area contributed by atoms with Crippen LogP contribution in [0.3, 0.4) is 0 Å². The number of nitrogens with one attached hydrogen (secondary N) is 9. The van der Waals surface area contributed by atoms with Gasteiger partial charge in [-0.15, -0.1) is 0 Å². The fourth-order valence-electron chi connectivity index (χ4n) is 12.8. The van der Waals surface area contributed by atoms with Gasteiger partial charge in [0.25, 0.3) is 0 Å². The molecular weight excluding hydrogens is 1310 g/mol. The summed E-state index contributed by atoms with van der Waals surface area (Å²) in [4.78, 5) is 188. The number of esters is 1. The van der Waals surface area contributed by atoms with Crippen LogP contribution in [0.15, 0.2) is 60.8 Å². The summed E-state index contributed by atoms with van der Waals surface area (Å²) in [5, 5.41) is 34.9. The van der Waals surface area contributed by atoms with E-state index in [1.807, 2.05) is 58.9 Å². The minimum Gasteiger partial charge on any atom is -0.458 e. The molecule has 1 fully saturated rings. The Kier molecular flexibility index (Phi) is 33.1. The first-order valence-corrected chi connectivity index (χ1v) is 36.1. The van der Waals surface area contributed by atoms with Crippen LogP contribution in [-0.4, -0.2) is 221 Å². The zero-order chi connectivity index (χ0) is 77.1. The Morgan fingerprint density at radius 1 is 0.539 bits per heavy atom. The second-order valence-electron chi connectivity index (χ2n) is 29.9. The second-order valence-corrected chi connectivity index (χ2v) is 29.9. The maximum Gasteiger partial charge on any atom is 0.329 e. The molecule has 1 aliphatic heterocycles. The normalized spacial score (nSPS) is 24.8. The first kappa shape index (κ1) is 85.9. The number of amides is 11. The minimum atomic E-state index is -1.89. The summed E-state index contributed by atoms with van der Waals surface area (Å²) in [7, 11) is 7.06. The number of benzene rings is 2. The van der Waals surface area contributed by atoms with Crippen LogP contribution in [0, 0.1) is 41.4 Å². The van der Waals surface area contributed by atoms with Crippen molar-refractivity contribution in [2.24, 2.45) is 41.4 Å². The number of cyclic esters (lactones) is 1. The molecule has 1 aromatic heterocycles. The number of fused-ring (bicyclic) bond motifs is 1. The molecule has 568 valence electrons. The highest BCUT2D eigenvalue weighted by Crippen LogP contribution is 2.25. The quantitative estimate of drug-likeness (QED) is 0.0679. The van der Waals surface area contributed by atoms with E-state index in [0.717, 1.165) is 15.8 Å². The summed E-state index contributed by atoms with van der Waals surface area (Å²) in [6, 6.07) is -0.459. The van der Waals surface area contributed by atoms with Gasteiger partial charge in [0.1, 0.15) is 72.6 Å². The van der Waals surface area contributed by atoms with E-state index >= 15 is 38.4 Å². The number of aromatic amines is 1. The average Bonchev–Trinajstić information content (AvgIpc) is 1.34. The van der Waals surface area contributed by atoms with Gasteiger partial charge < -0.3 is 77.0 Å². The Morgan fingerprint density at radius 2 is 1.04 bits per heavy atom. The van der Waals surface area contributed by atoms with Crippen molar-refractivity contribution >= 4 is 81.9 Å². The van der Waals surface area contributed by atoms with Crippen molar-refractivity contribution < 1.29 is 67.4 Å². The molecule has 102 heavy (non-hydrogen) atoms. The van der Waals surface area contributed by atoms with Crippen molar-refractivity contribution in [3.8, 4) is 0 Å². The molecule has 11 amide bonds. The standard InChI is InChI=1S/C75H119N13O14/c1-23-24-34-53-71(97)86(20)55(37-49-38-77-51-33-29-28-32-50(49)51)66(92)79-57(41(6)7)68(94)78-52(36-48-30-26-25-27-31-48)64(90)83-61(45(14)15)75(101)102-47(17)62(84-69(95)58(42(8)9)80-67(93)56(76-18)40(4)5)74(100)88(22)63(46(16)89)70(96)82-60(44(12)13)73(99)87(21)54(35-39(2)3)65(91)81-59(43(10)11)72(98)85(53)19/h25-33,38-47,52-63,76-77,89H,23-24,34-37H2,1-22H3,(H,78,94)(H,79,92)(H,80,93)(H,81,91)(H,82,96)(H,83,90)(H,84,95)/t46-,47-,52+,53+,54+,55+,56+,57+,58+,59+,60+,61+,62+,63+/m1/s1. The zero-order valence-electron chi connectivity index (χ0n) is 64.2. The molecule has 0 aliphatic carbocycles. The van der Waals surface area contributed by atoms with Crippen molar-refractivity contribution in [2.45, 2.75) is 241 Å². The Hall–Kier alpha value is -8.46. The van der Waals surface area contributed by atoms with E-state index in [2.05, 4.69) is 47.5 Å². The highest BCUT2D eigenvalue weighted by Gasteiger charge is 2.46. The van der Waals surface area contributed by atoms with Crippen LogP contribution >= 0.6 is 0 Å². The highest BCUT2D eigenvalue weighted by atomic mass is 16.5. The molecular formula is C75H119N13O14. The third-order valence-corrected chi connectivity index (χ3v) is 19.1. The first-order chi connectivity index (χ1) is 47.7. The Labute approximate surface area is 603 Å². The largest absolute Gasteiger partial charge is 0.458 e. The van der Waals surface area contributed by atoms with Crippen LogP contribution in [-0.2, 0) is 75.1 Å². The molecule has 27 heteroatoms. The SMILES string of the molecule is CCCC[C@H]1C(=O)N(C)[C@@H](Cc2c[nH]c3ccccc23)C(=O)N[C@@H](C(C)C)C(=O)N[C@@H](Cc2ccccc2)C(=O)N[C@@H](C(C)C)C(=O)O[C@H](C)[C@H](NC(=O)[C@@H](NC(=O)[C@@H](NC)C(C)C)C(C)C)C(=O)N(C)[C@@H]([C@@H](C)O)C(=O)N[C@@H](C(C)C)C(=O)N(C)[C@@H](CC(C)C)C(=O)N[C@@H](C(C)C)C(=O)N1C. The van der Waals surface area contributed by atoms with Crippen LogP contribution in [0.25, 0.3) is 10.9 Å². The van der Waals surface area contributed by atoms with Crippen LogP contribution in [0.2, 0.25) is 0 Å². The van der Waals surface area contributed by atoms with Crippen molar-refractivity contribution in [1.29, 1.82) is 0 Å². The molecule has 3 aromatic rings. The fraction of sp³-hybridized carbons (Fsp3) is 0.653. The van der Waals surface area contributed by atoms with Crippen LogP contribution in [0.4, 0.5) is 0 Å². The van der Waals surface area contributed by atoms with Gasteiger partial charge >= 0.3 is 5.97 Å². The number of carbonyl (C=O) groups is 12. The van der Waals surface area contributed by atoms with Gasteiger partial charge in [-0.05, 0) is 92.4 Å². The summed E-state index contributed by atoms with van der Waals surface area (Å²) in [6.45, 7) is 28.4. The Bertz CT molecular complexity index is 3350. The minimum absolute atomic E-state index is 0.0698. The summed E-state index contributed by atoms with van der Waals surface area (Å²) >= 11 is 0. The van der Waals surface area contributed by atoms with Gasteiger partial charge in [-0.3, -0.25) is 52.7 Å². The summed E-state index contributed by atoms with van der Waals surface area (Å²) < 4.78 is 6.09. The molecule has 1 saturated heterocycles. The number of para-hydroxylation sites is 1. The lowest BCUT2D eigenvalue weighted by Crippen LogP contribution is -2.65. The number of nitrogens with zero attached hydrogens (tertiary/aromatic N) is 4. The average molecular weight is 1430 g/mol. The van der Waals surface area contributed by atoms with Gasteiger partial charge in [0, 0.05) is 58.1 Å². The number of rotatable bonds is 21. The predicted molar refractivity (Wildman–Crippen MR) is 390 cm³/mol. The number of hydrogen-bond donors (Lipinski definition) is 10. The lowest BCUT2D eigenvalue weighted by atomic mass is 9.96. The predicted octanol–water partition coefficient (Wildman–Crippen LogP) is 3.74. The molecule has 4 rings (SSSR count). The van der Waals surface area contributed by atoms with Gasteiger partial charge in [0.15, 0.2) is 0 Å². The summed E-state index contributed by atoms with van der Waals surface area (Å²) in [5.41, 5.74) is 2.00. The van der Waals surface area contributed by atoms with Gasteiger partial charge in [0.2, 0.25) is 65.0 Å². The number of aliphatic hydroxyl groups excluding tert-OH is 1. The van der Waals surface area contributed by atoms with Crippen LogP contribution in [0.1, 0.15) is 155 Å². The number of unbranched alkanes of at least 4 members (excludes halogenated alkanes) is 1. The highest BCUT2D eigenvalue weighted by molar-refractivity contribution is 6.00. The first-order valence-electron chi connectivity index (χ1n) is 36.1. The number of aromatic nitrogens is 1. The topological polar surface area (TPSA) is 359 Å². The zero-order valence-corrected chi connectivity index (χ0v) is 64.2.